The zero-order valence-corrected chi connectivity index (χ0v) is 13.2. The van der Waals surface area contributed by atoms with Gasteiger partial charge in [0.25, 0.3) is 5.91 Å². The predicted molar refractivity (Wildman–Crippen MR) is 86.7 cm³/mol. The first-order valence-electron chi connectivity index (χ1n) is 8.23. The van der Waals surface area contributed by atoms with E-state index in [1.165, 1.54) is 0 Å². The monoisotopic (exact) mass is 325 g/mol. The molecule has 0 N–H and O–H groups in total. The van der Waals surface area contributed by atoms with Gasteiger partial charge in [-0.25, -0.2) is 0 Å². The second-order valence-electron chi connectivity index (χ2n) is 6.04. The number of fused-ring (bicyclic) bond motifs is 1. The van der Waals surface area contributed by atoms with Crippen LogP contribution in [0.15, 0.2) is 48.9 Å². The van der Waals surface area contributed by atoms with E-state index in [2.05, 4.69) is 9.97 Å². The Hall–Kier alpha value is -2.47. The summed E-state index contributed by atoms with van der Waals surface area (Å²) in [6.45, 7) is 1.11. The third-order valence-corrected chi connectivity index (χ3v) is 4.60. The van der Waals surface area contributed by atoms with Crippen LogP contribution in [0.5, 0.6) is 5.75 Å². The third-order valence-electron chi connectivity index (χ3n) is 4.60. The Labute approximate surface area is 140 Å². The highest BCUT2D eigenvalue weighted by Gasteiger charge is 2.46. The maximum Gasteiger partial charge on any atom is 0.272 e. The Balaban J connectivity index is 1.49. The molecule has 2 aromatic heterocycles. The number of aromatic nitrogens is 2. The van der Waals surface area contributed by atoms with Crippen LogP contribution >= 0.6 is 0 Å². The number of ether oxygens (including phenoxy) is 2. The molecule has 1 saturated carbocycles. The van der Waals surface area contributed by atoms with E-state index in [1.807, 2.05) is 29.2 Å². The topological polar surface area (TPSA) is 64.6 Å². The van der Waals surface area contributed by atoms with Crippen molar-refractivity contribution in [3.8, 4) is 5.75 Å². The van der Waals surface area contributed by atoms with Crippen LogP contribution in [0.2, 0.25) is 0 Å². The molecule has 124 valence electrons. The van der Waals surface area contributed by atoms with Gasteiger partial charge < -0.3 is 14.4 Å². The van der Waals surface area contributed by atoms with Crippen molar-refractivity contribution in [2.45, 2.75) is 31.1 Å². The highest BCUT2D eigenvalue weighted by Crippen LogP contribution is 2.33. The fraction of sp³-hybridized carbons (Fsp3) is 0.389. The van der Waals surface area contributed by atoms with Crippen LogP contribution in [0.4, 0.5) is 0 Å². The largest absolute Gasteiger partial charge is 0.486 e. The average Bonchev–Trinajstić information content (AvgIpc) is 3.06. The summed E-state index contributed by atoms with van der Waals surface area (Å²) in [6.07, 6.45) is 6.63. The van der Waals surface area contributed by atoms with Crippen molar-refractivity contribution < 1.29 is 14.3 Å². The van der Waals surface area contributed by atoms with Gasteiger partial charge in [0.15, 0.2) is 0 Å². The molecule has 24 heavy (non-hydrogen) atoms. The maximum absolute atomic E-state index is 12.8. The lowest BCUT2D eigenvalue weighted by Crippen LogP contribution is -2.54. The number of nitrogens with zero attached hydrogens (tertiary/aromatic N) is 3. The molecule has 3 atom stereocenters. The van der Waals surface area contributed by atoms with Gasteiger partial charge in [-0.3, -0.25) is 14.8 Å². The Bertz CT molecular complexity index is 695. The van der Waals surface area contributed by atoms with Crippen LogP contribution in [0.3, 0.4) is 0 Å². The van der Waals surface area contributed by atoms with Crippen LogP contribution in [-0.2, 0) is 4.74 Å². The van der Waals surface area contributed by atoms with E-state index in [-0.39, 0.29) is 24.2 Å². The van der Waals surface area contributed by atoms with E-state index in [4.69, 9.17) is 9.47 Å². The molecule has 0 radical (unpaired) electrons. The summed E-state index contributed by atoms with van der Waals surface area (Å²) in [4.78, 5) is 22.9. The van der Waals surface area contributed by atoms with E-state index in [1.54, 1.807) is 24.7 Å². The zero-order valence-electron chi connectivity index (χ0n) is 13.2. The van der Waals surface area contributed by atoms with Crippen molar-refractivity contribution in [1.82, 2.24) is 14.9 Å². The minimum Gasteiger partial charge on any atom is -0.486 e. The molecule has 6 nitrogen and oxygen atoms in total. The van der Waals surface area contributed by atoms with E-state index in [0.29, 0.717) is 18.8 Å². The van der Waals surface area contributed by atoms with Gasteiger partial charge in [-0.1, -0.05) is 6.07 Å². The smallest absolute Gasteiger partial charge is 0.272 e. The first-order valence-corrected chi connectivity index (χ1v) is 8.23. The standard InChI is InChI=1S/C18H19N3O3/c22-18(14-5-1-2-9-20-14)21-10-11-23-17-15(21)6-7-16(17)24-13-4-3-8-19-12-13/h1-5,8-9,12,15-17H,6-7,10-11H2/t15-,16+,17+/m0/s1. The fourth-order valence-electron chi connectivity index (χ4n) is 3.52. The maximum atomic E-state index is 12.8. The van der Waals surface area contributed by atoms with Gasteiger partial charge in [0.05, 0.1) is 18.8 Å². The predicted octanol–water partition coefficient (Wildman–Crippen LogP) is 1.93. The second-order valence-corrected chi connectivity index (χ2v) is 6.04. The summed E-state index contributed by atoms with van der Waals surface area (Å²) in [5, 5.41) is 0. The molecule has 1 aliphatic heterocycles. The van der Waals surface area contributed by atoms with E-state index in [9.17, 15) is 4.79 Å². The molecule has 1 saturated heterocycles. The zero-order chi connectivity index (χ0) is 16.4. The minimum absolute atomic E-state index is 0.0315. The lowest BCUT2D eigenvalue weighted by Gasteiger charge is -2.38. The van der Waals surface area contributed by atoms with E-state index in [0.717, 1.165) is 18.6 Å². The Kier molecular flexibility index (Phi) is 4.13. The van der Waals surface area contributed by atoms with Crippen molar-refractivity contribution in [3.05, 3.63) is 54.6 Å². The summed E-state index contributed by atoms with van der Waals surface area (Å²) in [5.74, 6) is 0.704. The van der Waals surface area contributed by atoms with Crippen LogP contribution in [0.1, 0.15) is 23.3 Å². The quantitative estimate of drug-likeness (QED) is 0.863. The van der Waals surface area contributed by atoms with Crippen LogP contribution in [0, 0.1) is 0 Å². The molecule has 0 unspecified atom stereocenters. The van der Waals surface area contributed by atoms with Crippen molar-refractivity contribution >= 4 is 5.91 Å². The molecular formula is C18H19N3O3. The average molecular weight is 325 g/mol. The number of carbonyl (C=O) groups excluding carboxylic acids is 1. The number of carbonyl (C=O) groups is 1. The van der Waals surface area contributed by atoms with Crippen LogP contribution < -0.4 is 4.74 Å². The summed E-state index contributed by atoms with van der Waals surface area (Å²) < 4.78 is 12.0. The molecule has 3 heterocycles. The number of morpholine rings is 1. The minimum atomic E-state index is -0.105. The molecular weight excluding hydrogens is 306 g/mol. The van der Waals surface area contributed by atoms with Crippen molar-refractivity contribution in [2.24, 2.45) is 0 Å². The summed E-state index contributed by atoms with van der Waals surface area (Å²) in [7, 11) is 0. The van der Waals surface area contributed by atoms with Gasteiger partial charge in [0, 0.05) is 18.9 Å². The van der Waals surface area contributed by atoms with Crippen LogP contribution in [-0.4, -0.2) is 52.2 Å². The summed E-state index contributed by atoms with van der Waals surface area (Å²) in [6, 6.07) is 9.17. The Morgan fingerprint density at radius 3 is 2.96 bits per heavy atom. The molecule has 2 aliphatic rings. The van der Waals surface area contributed by atoms with Crippen molar-refractivity contribution in [2.75, 3.05) is 13.2 Å². The first kappa shape index (κ1) is 15.1. The number of amides is 1. The fourth-order valence-corrected chi connectivity index (χ4v) is 3.52. The highest BCUT2D eigenvalue weighted by molar-refractivity contribution is 5.92. The number of hydrogen-bond acceptors (Lipinski definition) is 5. The van der Waals surface area contributed by atoms with Crippen molar-refractivity contribution in [3.63, 3.8) is 0 Å². The molecule has 2 fully saturated rings. The Morgan fingerprint density at radius 1 is 1.21 bits per heavy atom. The molecule has 4 rings (SSSR count). The van der Waals surface area contributed by atoms with Crippen LogP contribution in [0.25, 0.3) is 0 Å². The van der Waals surface area contributed by atoms with Crippen molar-refractivity contribution in [1.29, 1.82) is 0 Å². The lowest BCUT2D eigenvalue weighted by molar-refractivity contribution is -0.0787. The van der Waals surface area contributed by atoms with Gasteiger partial charge in [-0.2, -0.15) is 0 Å². The van der Waals surface area contributed by atoms with Gasteiger partial charge >= 0.3 is 0 Å². The highest BCUT2D eigenvalue weighted by atomic mass is 16.5. The Morgan fingerprint density at radius 2 is 2.17 bits per heavy atom. The molecule has 6 heteroatoms. The number of rotatable bonds is 3. The molecule has 0 bridgehead atoms. The number of pyridine rings is 2. The lowest BCUT2D eigenvalue weighted by atomic mass is 10.1. The van der Waals surface area contributed by atoms with E-state index < -0.39 is 0 Å². The SMILES string of the molecule is O=C(c1ccccn1)N1CCO[C@H]2[C@H](Oc3cccnc3)CC[C@@H]21. The molecule has 0 spiro atoms. The van der Waals surface area contributed by atoms with Gasteiger partial charge in [0.2, 0.25) is 0 Å². The first-order chi connectivity index (χ1) is 11.8. The number of hydrogen-bond donors (Lipinski definition) is 0. The van der Waals surface area contributed by atoms with Gasteiger partial charge in [0.1, 0.15) is 23.7 Å². The summed E-state index contributed by atoms with van der Waals surface area (Å²) >= 11 is 0. The molecule has 2 aromatic rings. The molecule has 0 aromatic carbocycles. The normalized spacial score (nSPS) is 26.0. The molecule has 1 amide bonds. The second kappa shape index (κ2) is 6.57. The van der Waals surface area contributed by atoms with Gasteiger partial charge in [-0.15, -0.1) is 0 Å². The van der Waals surface area contributed by atoms with E-state index >= 15 is 0 Å². The summed E-state index contributed by atoms with van der Waals surface area (Å²) in [5.41, 5.74) is 0.481. The third kappa shape index (κ3) is 2.85. The molecule has 1 aliphatic carbocycles. The van der Waals surface area contributed by atoms with Gasteiger partial charge in [-0.05, 0) is 37.1 Å².